The number of nitrogens with zero attached hydrogens (tertiary/aromatic N) is 2. The number of nitrogens with one attached hydrogen (secondary N) is 1. The monoisotopic (exact) mass is 297 g/mol. The molecule has 0 aliphatic carbocycles. The Kier molecular flexibility index (Phi) is 4.81. The molecule has 0 radical (unpaired) electrons. The third kappa shape index (κ3) is 4.32. The fraction of sp³-hybridized carbons (Fsp3) is 0.333. The summed E-state index contributed by atoms with van der Waals surface area (Å²) in [5, 5.41) is 2.83. The number of rotatable bonds is 4. The molecule has 4 nitrogen and oxygen atoms in total. The van der Waals surface area contributed by atoms with Crippen LogP contribution in [0.2, 0.25) is 0 Å². The number of pyridine rings is 1. The standard InChI is InChI=1S/C18H23N3O/c1-18(2,3)17(22)20-16-11-10-15(12-19-16)21(4)13-14-8-6-5-7-9-14/h5-12H,13H2,1-4H3,(H,19,20,22). The molecule has 22 heavy (non-hydrogen) atoms. The normalized spacial score (nSPS) is 11.1. The zero-order valence-electron chi connectivity index (χ0n) is 13.6. The van der Waals surface area contributed by atoms with Crippen LogP contribution in [-0.4, -0.2) is 17.9 Å². The molecule has 0 spiro atoms. The zero-order valence-corrected chi connectivity index (χ0v) is 13.6. The third-order valence-electron chi connectivity index (χ3n) is 3.37. The molecule has 2 rings (SSSR count). The molecule has 1 aromatic carbocycles. The van der Waals surface area contributed by atoms with Crippen LogP contribution < -0.4 is 10.2 Å². The van der Waals surface area contributed by atoms with Crippen molar-refractivity contribution in [3.63, 3.8) is 0 Å². The van der Waals surface area contributed by atoms with Crippen LogP contribution in [0.5, 0.6) is 0 Å². The molecule has 0 bridgehead atoms. The molecule has 4 heteroatoms. The summed E-state index contributed by atoms with van der Waals surface area (Å²) in [7, 11) is 2.03. The Morgan fingerprint density at radius 2 is 1.82 bits per heavy atom. The van der Waals surface area contributed by atoms with E-state index in [1.54, 1.807) is 6.20 Å². The van der Waals surface area contributed by atoms with E-state index in [1.807, 2.05) is 58.2 Å². The summed E-state index contributed by atoms with van der Waals surface area (Å²) in [6, 6.07) is 14.1. The number of carbonyl (C=O) groups excluding carboxylic acids is 1. The van der Waals surface area contributed by atoms with Gasteiger partial charge in [-0.2, -0.15) is 0 Å². The van der Waals surface area contributed by atoms with Crippen molar-refractivity contribution in [2.75, 3.05) is 17.3 Å². The van der Waals surface area contributed by atoms with Crippen LogP contribution in [0, 0.1) is 5.41 Å². The van der Waals surface area contributed by atoms with Gasteiger partial charge in [-0.15, -0.1) is 0 Å². The third-order valence-corrected chi connectivity index (χ3v) is 3.37. The number of benzene rings is 1. The van der Waals surface area contributed by atoms with Gasteiger partial charge in [-0.05, 0) is 17.7 Å². The SMILES string of the molecule is CN(Cc1ccccc1)c1ccc(NC(=O)C(C)(C)C)nc1. The minimum Gasteiger partial charge on any atom is -0.369 e. The van der Waals surface area contributed by atoms with Crippen LogP contribution in [0.3, 0.4) is 0 Å². The molecule has 1 heterocycles. The molecule has 2 aromatic rings. The van der Waals surface area contributed by atoms with Gasteiger partial charge in [0.25, 0.3) is 0 Å². The van der Waals surface area contributed by atoms with Crippen molar-refractivity contribution >= 4 is 17.4 Å². The molecule has 0 aliphatic heterocycles. The van der Waals surface area contributed by atoms with Crippen molar-refractivity contribution in [2.24, 2.45) is 5.41 Å². The van der Waals surface area contributed by atoms with Gasteiger partial charge in [0.2, 0.25) is 5.91 Å². The average molecular weight is 297 g/mol. The highest BCUT2D eigenvalue weighted by atomic mass is 16.2. The number of hydrogen-bond acceptors (Lipinski definition) is 3. The van der Waals surface area contributed by atoms with E-state index in [9.17, 15) is 4.79 Å². The van der Waals surface area contributed by atoms with E-state index in [2.05, 4.69) is 27.3 Å². The van der Waals surface area contributed by atoms with Gasteiger partial charge in [-0.1, -0.05) is 51.1 Å². The minimum absolute atomic E-state index is 0.0367. The summed E-state index contributed by atoms with van der Waals surface area (Å²) in [5.74, 6) is 0.544. The van der Waals surface area contributed by atoms with Crippen LogP contribution in [0.25, 0.3) is 0 Å². The van der Waals surface area contributed by atoms with Gasteiger partial charge in [0, 0.05) is 19.0 Å². The molecule has 1 aromatic heterocycles. The maximum Gasteiger partial charge on any atom is 0.230 e. The zero-order chi connectivity index (χ0) is 16.2. The molecule has 0 aliphatic rings. The molecule has 1 N–H and O–H groups in total. The van der Waals surface area contributed by atoms with E-state index >= 15 is 0 Å². The van der Waals surface area contributed by atoms with Crippen molar-refractivity contribution in [1.29, 1.82) is 0 Å². The summed E-state index contributed by atoms with van der Waals surface area (Å²) in [6.07, 6.45) is 1.78. The van der Waals surface area contributed by atoms with Gasteiger partial charge in [0.1, 0.15) is 5.82 Å². The highest BCUT2D eigenvalue weighted by Gasteiger charge is 2.21. The van der Waals surface area contributed by atoms with E-state index in [0.29, 0.717) is 5.82 Å². The highest BCUT2D eigenvalue weighted by molar-refractivity contribution is 5.93. The maximum absolute atomic E-state index is 11.9. The first kappa shape index (κ1) is 16.0. The second-order valence-corrected chi connectivity index (χ2v) is 6.45. The van der Waals surface area contributed by atoms with Crippen LogP contribution in [0.1, 0.15) is 26.3 Å². The number of anilines is 2. The molecule has 116 valence electrons. The Labute approximate surface area is 132 Å². The fourth-order valence-electron chi connectivity index (χ4n) is 1.94. The largest absolute Gasteiger partial charge is 0.369 e. The number of amides is 1. The lowest BCUT2D eigenvalue weighted by Gasteiger charge is -2.20. The van der Waals surface area contributed by atoms with Crippen molar-refractivity contribution in [3.8, 4) is 0 Å². The molecule has 0 atom stereocenters. The number of hydrogen-bond donors (Lipinski definition) is 1. The lowest BCUT2D eigenvalue weighted by atomic mass is 9.96. The topological polar surface area (TPSA) is 45.2 Å². The highest BCUT2D eigenvalue weighted by Crippen LogP contribution is 2.19. The van der Waals surface area contributed by atoms with E-state index in [0.717, 1.165) is 12.2 Å². The Balaban J connectivity index is 2.01. The Morgan fingerprint density at radius 1 is 1.14 bits per heavy atom. The maximum atomic E-state index is 11.9. The van der Waals surface area contributed by atoms with Crippen LogP contribution in [0.15, 0.2) is 48.7 Å². The predicted octanol–water partition coefficient (Wildman–Crippen LogP) is 3.70. The fourth-order valence-corrected chi connectivity index (χ4v) is 1.94. The summed E-state index contributed by atoms with van der Waals surface area (Å²) in [4.78, 5) is 18.4. The smallest absolute Gasteiger partial charge is 0.230 e. The lowest BCUT2D eigenvalue weighted by Crippen LogP contribution is -2.28. The van der Waals surface area contributed by atoms with Crippen LogP contribution >= 0.6 is 0 Å². The van der Waals surface area contributed by atoms with Gasteiger partial charge in [0.05, 0.1) is 11.9 Å². The average Bonchev–Trinajstić information content (AvgIpc) is 2.48. The second-order valence-electron chi connectivity index (χ2n) is 6.45. The first-order valence-electron chi connectivity index (χ1n) is 7.39. The molecule has 1 amide bonds. The molecular formula is C18H23N3O. The quantitative estimate of drug-likeness (QED) is 0.936. The number of aromatic nitrogens is 1. The lowest BCUT2D eigenvalue weighted by molar-refractivity contribution is -0.123. The summed E-state index contributed by atoms with van der Waals surface area (Å²) in [5.41, 5.74) is 1.83. The minimum atomic E-state index is -0.426. The van der Waals surface area contributed by atoms with Crippen molar-refractivity contribution < 1.29 is 4.79 Å². The van der Waals surface area contributed by atoms with Gasteiger partial charge >= 0.3 is 0 Å². The van der Waals surface area contributed by atoms with Crippen LogP contribution in [-0.2, 0) is 11.3 Å². The Hall–Kier alpha value is -2.36. The molecule has 0 saturated carbocycles. The van der Waals surface area contributed by atoms with Gasteiger partial charge in [-0.25, -0.2) is 4.98 Å². The van der Waals surface area contributed by atoms with Crippen molar-refractivity contribution in [1.82, 2.24) is 4.98 Å². The summed E-state index contributed by atoms with van der Waals surface area (Å²) >= 11 is 0. The van der Waals surface area contributed by atoms with E-state index in [4.69, 9.17) is 0 Å². The molecule has 0 fully saturated rings. The summed E-state index contributed by atoms with van der Waals surface area (Å²) in [6.45, 7) is 6.45. The second kappa shape index (κ2) is 6.60. The molecule has 0 unspecified atom stereocenters. The van der Waals surface area contributed by atoms with E-state index < -0.39 is 5.41 Å². The first-order chi connectivity index (χ1) is 10.4. The Morgan fingerprint density at radius 3 is 2.36 bits per heavy atom. The predicted molar refractivity (Wildman–Crippen MR) is 90.9 cm³/mol. The van der Waals surface area contributed by atoms with Gasteiger partial charge in [-0.3, -0.25) is 4.79 Å². The van der Waals surface area contributed by atoms with Crippen LogP contribution in [0.4, 0.5) is 11.5 Å². The van der Waals surface area contributed by atoms with Gasteiger partial charge < -0.3 is 10.2 Å². The summed E-state index contributed by atoms with van der Waals surface area (Å²) < 4.78 is 0. The molecular weight excluding hydrogens is 274 g/mol. The van der Waals surface area contributed by atoms with E-state index in [-0.39, 0.29) is 5.91 Å². The van der Waals surface area contributed by atoms with Gasteiger partial charge in [0.15, 0.2) is 0 Å². The first-order valence-corrected chi connectivity index (χ1v) is 7.39. The molecule has 0 saturated heterocycles. The Bertz CT molecular complexity index is 615. The van der Waals surface area contributed by atoms with Crippen molar-refractivity contribution in [2.45, 2.75) is 27.3 Å². The van der Waals surface area contributed by atoms with E-state index in [1.165, 1.54) is 5.56 Å². The number of carbonyl (C=O) groups is 1. The van der Waals surface area contributed by atoms with Crippen molar-refractivity contribution in [3.05, 3.63) is 54.2 Å².